The molecule has 0 radical (unpaired) electrons. The lowest BCUT2D eigenvalue weighted by Gasteiger charge is -2.29. The van der Waals surface area contributed by atoms with E-state index in [1.165, 1.54) is 38.5 Å². The summed E-state index contributed by atoms with van der Waals surface area (Å²) < 4.78 is 0. The quantitative estimate of drug-likeness (QED) is 0.690. The van der Waals surface area contributed by atoms with Crippen molar-refractivity contribution in [1.82, 2.24) is 0 Å². The van der Waals surface area contributed by atoms with Gasteiger partial charge in [-0.3, -0.25) is 0 Å². The topological polar surface area (TPSA) is 26.0 Å². The van der Waals surface area contributed by atoms with Crippen LogP contribution in [0.1, 0.15) is 52.4 Å². The van der Waals surface area contributed by atoms with Crippen molar-refractivity contribution in [3.05, 3.63) is 0 Å². The molecule has 72 valence electrons. The minimum absolute atomic E-state index is 0.402. The van der Waals surface area contributed by atoms with Crippen molar-refractivity contribution in [2.24, 2.45) is 17.6 Å². The van der Waals surface area contributed by atoms with Crippen molar-refractivity contribution < 1.29 is 0 Å². The average Bonchev–Trinajstić information content (AvgIpc) is 2.03. The lowest BCUT2D eigenvalue weighted by atomic mass is 9.77. The minimum Gasteiger partial charge on any atom is -0.328 e. The Morgan fingerprint density at radius 2 is 2.00 bits per heavy atom. The highest BCUT2D eigenvalue weighted by atomic mass is 14.6. The van der Waals surface area contributed by atoms with Gasteiger partial charge in [0.2, 0.25) is 0 Å². The molecule has 2 N–H and O–H groups in total. The van der Waals surface area contributed by atoms with Gasteiger partial charge < -0.3 is 5.73 Å². The second kappa shape index (κ2) is 4.86. The van der Waals surface area contributed by atoms with Crippen LogP contribution in [0.25, 0.3) is 0 Å². The van der Waals surface area contributed by atoms with Gasteiger partial charge in [-0.25, -0.2) is 0 Å². The minimum atomic E-state index is 0.402. The van der Waals surface area contributed by atoms with Crippen LogP contribution in [-0.2, 0) is 0 Å². The predicted molar refractivity (Wildman–Crippen MR) is 54.0 cm³/mol. The molecule has 0 aromatic rings. The molecule has 0 aromatic heterocycles. The van der Waals surface area contributed by atoms with E-state index in [0.29, 0.717) is 6.04 Å². The standard InChI is InChI=1S/C11H23N/c1-9-5-3-4-6-11(9)8-7-10(2)12/h9-11H,3-8,12H2,1-2H3. The van der Waals surface area contributed by atoms with Gasteiger partial charge in [0, 0.05) is 6.04 Å². The Balaban J connectivity index is 2.20. The highest BCUT2D eigenvalue weighted by molar-refractivity contribution is 4.73. The molecule has 0 saturated heterocycles. The summed E-state index contributed by atoms with van der Waals surface area (Å²) in [5, 5.41) is 0. The fraction of sp³-hybridized carbons (Fsp3) is 1.00. The molecular formula is C11H23N. The zero-order valence-corrected chi connectivity index (χ0v) is 8.55. The molecule has 1 aliphatic rings. The first-order valence-corrected chi connectivity index (χ1v) is 5.45. The monoisotopic (exact) mass is 169 g/mol. The molecule has 1 saturated carbocycles. The lowest BCUT2D eigenvalue weighted by molar-refractivity contribution is 0.234. The van der Waals surface area contributed by atoms with Gasteiger partial charge >= 0.3 is 0 Å². The third-order valence-electron chi connectivity index (χ3n) is 3.28. The summed E-state index contributed by atoms with van der Waals surface area (Å²) in [6.07, 6.45) is 8.38. The molecule has 0 amide bonds. The summed E-state index contributed by atoms with van der Waals surface area (Å²) in [7, 11) is 0. The predicted octanol–water partition coefficient (Wildman–Crippen LogP) is 2.94. The first kappa shape index (κ1) is 10.0. The summed E-state index contributed by atoms with van der Waals surface area (Å²) in [5.74, 6) is 1.93. The van der Waals surface area contributed by atoms with E-state index < -0.39 is 0 Å². The van der Waals surface area contributed by atoms with Gasteiger partial charge in [-0.1, -0.05) is 32.6 Å². The first-order chi connectivity index (χ1) is 5.70. The third-order valence-corrected chi connectivity index (χ3v) is 3.28. The van der Waals surface area contributed by atoms with Gasteiger partial charge in [0.1, 0.15) is 0 Å². The van der Waals surface area contributed by atoms with Crippen molar-refractivity contribution in [1.29, 1.82) is 0 Å². The van der Waals surface area contributed by atoms with Crippen LogP contribution in [0.5, 0.6) is 0 Å². The molecule has 3 atom stereocenters. The van der Waals surface area contributed by atoms with Crippen LogP contribution in [0.3, 0.4) is 0 Å². The fourth-order valence-corrected chi connectivity index (χ4v) is 2.30. The molecule has 0 aromatic carbocycles. The second-order valence-corrected chi connectivity index (χ2v) is 4.58. The van der Waals surface area contributed by atoms with E-state index in [1.54, 1.807) is 0 Å². The molecule has 1 aliphatic carbocycles. The van der Waals surface area contributed by atoms with Gasteiger partial charge in [-0.15, -0.1) is 0 Å². The molecule has 3 unspecified atom stereocenters. The second-order valence-electron chi connectivity index (χ2n) is 4.58. The lowest BCUT2D eigenvalue weighted by Crippen LogP contribution is -2.21. The molecule has 1 heteroatoms. The van der Waals surface area contributed by atoms with Crippen molar-refractivity contribution in [3.8, 4) is 0 Å². The van der Waals surface area contributed by atoms with E-state index >= 15 is 0 Å². The third kappa shape index (κ3) is 3.14. The molecule has 1 nitrogen and oxygen atoms in total. The van der Waals surface area contributed by atoms with E-state index in [9.17, 15) is 0 Å². The van der Waals surface area contributed by atoms with Crippen LogP contribution in [0.2, 0.25) is 0 Å². The van der Waals surface area contributed by atoms with Gasteiger partial charge in [0.05, 0.1) is 0 Å². The zero-order valence-electron chi connectivity index (χ0n) is 8.55. The number of rotatable bonds is 3. The molecule has 0 aliphatic heterocycles. The summed E-state index contributed by atoms with van der Waals surface area (Å²) in [4.78, 5) is 0. The maximum atomic E-state index is 5.76. The van der Waals surface area contributed by atoms with Crippen LogP contribution >= 0.6 is 0 Å². The summed E-state index contributed by atoms with van der Waals surface area (Å²) in [6.45, 7) is 4.53. The van der Waals surface area contributed by atoms with E-state index in [1.807, 2.05) is 0 Å². The van der Waals surface area contributed by atoms with Crippen molar-refractivity contribution in [3.63, 3.8) is 0 Å². The summed E-state index contributed by atoms with van der Waals surface area (Å²) >= 11 is 0. The number of hydrogen-bond donors (Lipinski definition) is 1. The summed E-state index contributed by atoms with van der Waals surface area (Å²) in [5.41, 5.74) is 5.76. The molecule has 0 spiro atoms. The van der Waals surface area contributed by atoms with Crippen molar-refractivity contribution in [2.75, 3.05) is 0 Å². The van der Waals surface area contributed by atoms with Crippen LogP contribution < -0.4 is 5.73 Å². The highest BCUT2D eigenvalue weighted by Crippen LogP contribution is 2.32. The molecule has 1 fully saturated rings. The van der Waals surface area contributed by atoms with Gasteiger partial charge in [-0.05, 0) is 31.6 Å². The van der Waals surface area contributed by atoms with E-state index in [-0.39, 0.29) is 0 Å². The normalized spacial score (nSPS) is 33.2. The molecular weight excluding hydrogens is 146 g/mol. The largest absolute Gasteiger partial charge is 0.328 e. The Labute approximate surface area is 76.7 Å². The van der Waals surface area contributed by atoms with E-state index in [0.717, 1.165) is 11.8 Å². The Morgan fingerprint density at radius 1 is 1.33 bits per heavy atom. The SMILES string of the molecule is CC(N)CCC1CCCCC1C. The van der Waals surface area contributed by atoms with Gasteiger partial charge in [0.15, 0.2) is 0 Å². The van der Waals surface area contributed by atoms with E-state index in [4.69, 9.17) is 5.73 Å². The van der Waals surface area contributed by atoms with E-state index in [2.05, 4.69) is 13.8 Å². The van der Waals surface area contributed by atoms with Crippen LogP contribution in [0.15, 0.2) is 0 Å². The Bertz CT molecular complexity index is 120. The molecule has 12 heavy (non-hydrogen) atoms. The molecule has 0 heterocycles. The molecule has 0 bridgehead atoms. The summed E-state index contributed by atoms with van der Waals surface area (Å²) in [6, 6.07) is 0.402. The fourth-order valence-electron chi connectivity index (χ4n) is 2.30. The first-order valence-electron chi connectivity index (χ1n) is 5.45. The maximum Gasteiger partial charge on any atom is 0.00105 e. The Kier molecular flexibility index (Phi) is 4.07. The van der Waals surface area contributed by atoms with Crippen LogP contribution in [0.4, 0.5) is 0 Å². The number of hydrogen-bond acceptors (Lipinski definition) is 1. The number of nitrogens with two attached hydrogens (primary N) is 1. The average molecular weight is 169 g/mol. The maximum absolute atomic E-state index is 5.76. The van der Waals surface area contributed by atoms with Gasteiger partial charge in [-0.2, -0.15) is 0 Å². The smallest absolute Gasteiger partial charge is 0.00105 e. The Hall–Kier alpha value is -0.0400. The van der Waals surface area contributed by atoms with Crippen LogP contribution in [0, 0.1) is 11.8 Å². The Morgan fingerprint density at radius 3 is 2.58 bits per heavy atom. The van der Waals surface area contributed by atoms with Crippen molar-refractivity contribution in [2.45, 2.75) is 58.4 Å². The zero-order chi connectivity index (χ0) is 8.97. The highest BCUT2D eigenvalue weighted by Gasteiger charge is 2.20. The van der Waals surface area contributed by atoms with Crippen LogP contribution in [-0.4, -0.2) is 6.04 Å². The van der Waals surface area contributed by atoms with Crippen molar-refractivity contribution >= 4 is 0 Å². The van der Waals surface area contributed by atoms with Gasteiger partial charge in [0.25, 0.3) is 0 Å². The molecule has 1 rings (SSSR count).